The normalized spacial score (nSPS) is 11.4. The highest BCUT2D eigenvalue weighted by Gasteiger charge is 2.12. The van der Waals surface area contributed by atoms with Crippen LogP contribution < -0.4 is 5.56 Å². The standard InChI is InChI=1S/C16H9Cl2N3O/c17-10-6-11-15(12(18)7-10)19-14-8-13(20-21(14)16(11)22)9-4-2-1-3-5-9/h1-8,20H. The van der Waals surface area contributed by atoms with E-state index < -0.39 is 0 Å². The molecular weight excluding hydrogens is 321 g/mol. The number of rotatable bonds is 1. The summed E-state index contributed by atoms with van der Waals surface area (Å²) in [7, 11) is 0. The fraction of sp³-hybridized carbons (Fsp3) is 0. The monoisotopic (exact) mass is 329 g/mol. The molecule has 108 valence electrons. The van der Waals surface area contributed by atoms with Crippen LogP contribution in [0.2, 0.25) is 10.0 Å². The highest BCUT2D eigenvalue weighted by molar-refractivity contribution is 6.38. The molecule has 0 saturated carbocycles. The largest absolute Gasteiger partial charge is 0.289 e. The summed E-state index contributed by atoms with van der Waals surface area (Å²) in [5.41, 5.74) is 2.52. The van der Waals surface area contributed by atoms with Gasteiger partial charge in [-0.3, -0.25) is 9.89 Å². The van der Waals surface area contributed by atoms with Crippen molar-refractivity contribution < 1.29 is 0 Å². The zero-order chi connectivity index (χ0) is 15.3. The van der Waals surface area contributed by atoms with Crippen LogP contribution in [0.3, 0.4) is 0 Å². The summed E-state index contributed by atoms with van der Waals surface area (Å²) < 4.78 is 1.40. The Morgan fingerprint density at radius 2 is 1.82 bits per heavy atom. The summed E-state index contributed by atoms with van der Waals surface area (Å²) in [5, 5.41) is 4.23. The summed E-state index contributed by atoms with van der Waals surface area (Å²) in [5.74, 6) is 0. The summed E-state index contributed by atoms with van der Waals surface area (Å²) in [6.07, 6.45) is 0. The molecule has 6 heteroatoms. The van der Waals surface area contributed by atoms with Gasteiger partial charge in [-0.1, -0.05) is 53.5 Å². The van der Waals surface area contributed by atoms with Crippen molar-refractivity contribution in [2.45, 2.75) is 0 Å². The van der Waals surface area contributed by atoms with Crippen LogP contribution in [0.1, 0.15) is 0 Å². The minimum atomic E-state index is -0.230. The van der Waals surface area contributed by atoms with Gasteiger partial charge in [0.2, 0.25) is 0 Å². The van der Waals surface area contributed by atoms with Gasteiger partial charge in [-0.15, -0.1) is 0 Å². The molecule has 4 aromatic rings. The number of hydrogen-bond donors (Lipinski definition) is 1. The molecule has 0 spiro atoms. The number of H-pyrrole nitrogens is 1. The van der Waals surface area contributed by atoms with Crippen LogP contribution >= 0.6 is 23.2 Å². The quantitative estimate of drug-likeness (QED) is 0.570. The number of hydrogen-bond acceptors (Lipinski definition) is 2. The fourth-order valence-electron chi connectivity index (χ4n) is 2.48. The number of aromatic amines is 1. The molecule has 0 bridgehead atoms. The fourth-order valence-corrected chi connectivity index (χ4v) is 3.02. The third kappa shape index (κ3) is 2.00. The average Bonchev–Trinajstić information content (AvgIpc) is 2.94. The van der Waals surface area contributed by atoms with Crippen molar-refractivity contribution in [3.63, 3.8) is 0 Å². The summed E-state index contributed by atoms with van der Waals surface area (Å²) >= 11 is 12.1. The molecule has 2 aromatic heterocycles. The highest BCUT2D eigenvalue weighted by Crippen LogP contribution is 2.26. The first-order valence-electron chi connectivity index (χ1n) is 6.59. The number of fused-ring (bicyclic) bond motifs is 2. The molecule has 0 radical (unpaired) electrons. The Bertz CT molecular complexity index is 1070. The van der Waals surface area contributed by atoms with Crippen molar-refractivity contribution in [2.24, 2.45) is 0 Å². The van der Waals surface area contributed by atoms with Crippen LogP contribution in [0.15, 0.2) is 53.3 Å². The Balaban J connectivity index is 2.09. The van der Waals surface area contributed by atoms with Crippen molar-refractivity contribution in [3.8, 4) is 11.3 Å². The molecule has 0 amide bonds. The van der Waals surface area contributed by atoms with Crippen molar-refractivity contribution >= 4 is 39.8 Å². The van der Waals surface area contributed by atoms with E-state index >= 15 is 0 Å². The lowest BCUT2D eigenvalue weighted by Gasteiger charge is -2.01. The molecule has 0 fully saturated rings. The SMILES string of the molecule is O=c1c2cc(Cl)cc(Cl)c2nc2cc(-c3ccccc3)[nH]n12. The predicted octanol–water partition coefficient (Wildman–Crippen LogP) is 4.15. The molecule has 0 unspecified atom stereocenters. The molecule has 0 saturated heterocycles. The lowest BCUT2D eigenvalue weighted by atomic mass is 10.2. The zero-order valence-corrected chi connectivity index (χ0v) is 12.7. The second-order valence-corrected chi connectivity index (χ2v) is 5.77. The van der Waals surface area contributed by atoms with Gasteiger partial charge in [0, 0.05) is 11.1 Å². The van der Waals surface area contributed by atoms with E-state index in [1.807, 2.05) is 36.4 Å². The van der Waals surface area contributed by atoms with Crippen LogP contribution in [0.5, 0.6) is 0 Å². The van der Waals surface area contributed by atoms with Crippen LogP contribution in [-0.2, 0) is 0 Å². The van der Waals surface area contributed by atoms with Crippen molar-refractivity contribution in [2.75, 3.05) is 0 Å². The molecule has 0 atom stereocenters. The maximum Gasteiger partial charge on any atom is 0.280 e. The highest BCUT2D eigenvalue weighted by atomic mass is 35.5. The zero-order valence-electron chi connectivity index (χ0n) is 11.2. The Labute approximate surface area is 134 Å². The van der Waals surface area contributed by atoms with E-state index in [1.165, 1.54) is 4.52 Å². The van der Waals surface area contributed by atoms with Gasteiger partial charge in [-0.25, -0.2) is 9.50 Å². The molecule has 2 aromatic carbocycles. The molecular formula is C16H9Cl2N3O. The number of aromatic nitrogens is 3. The second-order valence-electron chi connectivity index (χ2n) is 4.93. The van der Waals surface area contributed by atoms with Crippen molar-refractivity contribution in [3.05, 3.63) is 68.9 Å². The van der Waals surface area contributed by atoms with Crippen LogP contribution in [0.25, 0.3) is 27.8 Å². The third-order valence-corrected chi connectivity index (χ3v) is 4.01. The van der Waals surface area contributed by atoms with Gasteiger partial charge >= 0.3 is 0 Å². The van der Waals surface area contributed by atoms with Gasteiger partial charge in [-0.2, -0.15) is 0 Å². The smallest absolute Gasteiger partial charge is 0.280 e. The summed E-state index contributed by atoms with van der Waals surface area (Å²) in [6.45, 7) is 0. The number of halogens is 2. The van der Waals surface area contributed by atoms with E-state index in [4.69, 9.17) is 23.2 Å². The van der Waals surface area contributed by atoms with E-state index in [0.29, 0.717) is 26.6 Å². The molecule has 22 heavy (non-hydrogen) atoms. The maximum atomic E-state index is 12.6. The Kier molecular flexibility index (Phi) is 2.96. The molecule has 0 aliphatic rings. The number of nitrogens with one attached hydrogen (secondary N) is 1. The van der Waals surface area contributed by atoms with Gasteiger partial charge in [0.05, 0.1) is 21.6 Å². The van der Waals surface area contributed by atoms with Crippen molar-refractivity contribution in [1.29, 1.82) is 0 Å². The predicted molar refractivity (Wildman–Crippen MR) is 88.8 cm³/mol. The second kappa shape index (κ2) is 4.87. The first kappa shape index (κ1) is 13.4. The van der Waals surface area contributed by atoms with Crippen LogP contribution in [0.4, 0.5) is 0 Å². The minimum absolute atomic E-state index is 0.230. The van der Waals surface area contributed by atoms with E-state index in [9.17, 15) is 4.79 Å². The summed E-state index contributed by atoms with van der Waals surface area (Å²) in [6, 6.07) is 14.7. The van der Waals surface area contributed by atoms with Gasteiger partial charge in [0.15, 0.2) is 5.65 Å². The lowest BCUT2D eigenvalue weighted by molar-refractivity contribution is 0.919. The Hall–Kier alpha value is -2.30. The van der Waals surface area contributed by atoms with Crippen LogP contribution in [0, 0.1) is 0 Å². The topological polar surface area (TPSA) is 50.2 Å². The minimum Gasteiger partial charge on any atom is -0.289 e. The first-order valence-corrected chi connectivity index (χ1v) is 7.35. The molecule has 1 N–H and O–H groups in total. The first-order chi connectivity index (χ1) is 10.6. The summed E-state index contributed by atoms with van der Waals surface area (Å²) in [4.78, 5) is 17.1. The Morgan fingerprint density at radius 1 is 1.05 bits per heavy atom. The molecule has 2 heterocycles. The average molecular weight is 330 g/mol. The molecule has 0 aliphatic carbocycles. The number of benzene rings is 2. The molecule has 0 aliphatic heterocycles. The van der Waals surface area contributed by atoms with E-state index in [1.54, 1.807) is 12.1 Å². The van der Waals surface area contributed by atoms with E-state index in [2.05, 4.69) is 10.1 Å². The maximum absolute atomic E-state index is 12.6. The van der Waals surface area contributed by atoms with Gasteiger partial charge in [-0.05, 0) is 17.7 Å². The van der Waals surface area contributed by atoms with Gasteiger partial charge < -0.3 is 0 Å². The van der Waals surface area contributed by atoms with Gasteiger partial charge in [0.1, 0.15) is 0 Å². The van der Waals surface area contributed by atoms with Gasteiger partial charge in [0.25, 0.3) is 5.56 Å². The molecule has 4 nitrogen and oxygen atoms in total. The van der Waals surface area contributed by atoms with E-state index in [-0.39, 0.29) is 5.56 Å². The van der Waals surface area contributed by atoms with Crippen molar-refractivity contribution in [1.82, 2.24) is 14.6 Å². The molecule has 4 rings (SSSR count). The third-order valence-electron chi connectivity index (χ3n) is 3.51. The van der Waals surface area contributed by atoms with Crippen LogP contribution in [-0.4, -0.2) is 14.6 Å². The lowest BCUT2D eigenvalue weighted by Crippen LogP contribution is -2.15. The number of nitrogens with zero attached hydrogens (tertiary/aromatic N) is 2. The Morgan fingerprint density at radius 3 is 2.59 bits per heavy atom. The van der Waals surface area contributed by atoms with E-state index in [0.717, 1.165) is 11.3 Å².